The molecule has 2 heterocycles. The Morgan fingerprint density at radius 3 is 2.75 bits per heavy atom. The van der Waals surface area contributed by atoms with Crippen molar-refractivity contribution in [2.45, 2.75) is 32.6 Å². The van der Waals surface area contributed by atoms with Crippen molar-refractivity contribution >= 4 is 22.6 Å². The van der Waals surface area contributed by atoms with E-state index < -0.39 is 0 Å². The predicted molar refractivity (Wildman–Crippen MR) is 109 cm³/mol. The van der Waals surface area contributed by atoms with Crippen LogP contribution in [0.15, 0.2) is 59.4 Å². The molecule has 1 amide bonds. The van der Waals surface area contributed by atoms with Crippen LogP contribution in [0.4, 0.5) is 5.69 Å². The Balaban J connectivity index is 1.35. The number of anilines is 1. The number of rotatable bonds is 6. The van der Waals surface area contributed by atoms with E-state index in [1.807, 2.05) is 30.3 Å². The van der Waals surface area contributed by atoms with Crippen LogP contribution in [-0.2, 0) is 11.2 Å². The van der Waals surface area contributed by atoms with Crippen LogP contribution >= 0.6 is 0 Å². The molecule has 6 heteroatoms. The van der Waals surface area contributed by atoms with E-state index in [0.717, 1.165) is 28.0 Å². The minimum absolute atomic E-state index is 0.0834. The number of aryl methyl sites for hydroxylation is 1. The monoisotopic (exact) mass is 374 g/mol. The molecule has 6 nitrogen and oxygen atoms in total. The number of nitrogens with zero attached hydrogens (tertiary/aromatic N) is 2. The average molecular weight is 374 g/mol. The van der Waals surface area contributed by atoms with E-state index in [4.69, 9.17) is 4.42 Å². The van der Waals surface area contributed by atoms with Crippen LogP contribution in [0.1, 0.15) is 37.6 Å². The molecule has 0 saturated heterocycles. The van der Waals surface area contributed by atoms with E-state index >= 15 is 0 Å². The summed E-state index contributed by atoms with van der Waals surface area (Å²) in [6, 6.07) is 13.9. The number of H-pyrrole nitrogens is 1. The van der Waals surface area contributed by atoms with Crippen molar-refractivity contribution in [2.75, 3.05) is 5.32 Å². The lowest BCUT2D eigenvalue weighted by molar-refractivity contribution is -0.116. The third-order valence-electron chi connectivity index (χ3n) is 4.69. The molecule has 2 N–H and O–H groups in total. The molecule has 4 aromatic rings. The molecule has 0 aliphatic rings. The van der Waals surface area contributed by atoms with Crippen molar-refractivity contribution < 1.29 is 9.21 Å². The number of aromatic nitrogens is 3. The van der Waals surface area contributed by atoms with E-state index in [-0.39, 0.29) is 5.91 Å². The van der Waals surface area contributed by atoms with Crippen LogP contribution in [0.3, 0.4) is 0 Å². The maximum atomic E-state index is 12.2. The molecule has 0 radical (unpaired) electrons. The van der Waals surface area contributed by atoms with Gasteiger partial charge in [-0.15, -0.1) is 0 Å². The number of imidazole rings is 1. The Morgan fingerprint density at radius 2 is 1.96 bits per heavy atom. The number of carbonyl (C=O) groups excluding carboxylic acids is 1. The first kappa shape index (κ1) is 18.0. The lowest BCUT2D eigenvalue weighted by Gasteiger charge is -2.05. The quantitative estimate of drug-likeness (QED) is 0.502. The van der Waals surface area contributed by atoms with Gasteiger partial charge in [-0.2, -0.15) is 0 Å². The highest BCUT2D eigenvalue weighted by atomic mass is 16.4. The molecule has 0 saturated carbocycles. The second-order valence-corrected chi connectivity index (χ2v) is 7.08. The van der Waals surface area contributed by atoms with Crippen molar-refractivity contribution in [1.82, 2.24) is 15.0 Å². The maximum Gasteiger partial charge on any atom is 0.224 e. The first-order valence-corrected chi connectivity index (χ1v) is 9.36. The summed E-state index contributed by atoms with van der Waals surface area (Å²) in [6.45, 7) is 4.33. The molecule has 0 spiro atoms. The molecule has 4 rings (SSSR count). The van der Waals surface area contributed by atoms with Gasteiger partial charge in [0.1, 0.15) is 0 Å². The predicted octanol–water partition coefficient (Wildman–Crippen LogP) is 4.91. The van der Waals surface area contributed by atoms with Gasteiger partial charge in [0.15, 0.2) is 11.7 Å². The van der Waals surface area contributed by atoms with Gasteiger partial charge in [-0.25, -0.2) is 9.97 Å². The maximum absolute atomic E-state index is 12.2. The Hall–Kier alpha value is -3.41. The molecule has 0 bridgehead atoms. The van der Waals surface area contributed by atoms with E-state index in [2.05, 4.69) is 46.2 Å². The molecule has 142 valence electrons. The summed E-state index contributed by atoms with van der Waals surface area (Å²) >= 11 is 0. The summed E-state index contributed by atoms with van der Waals surface area (Å²) < 4.78 is 5.81. The zero-order valence-corrected chi connectivity index (χ0v) is 15.9. The standard InChI is InChI=1S/C22H22N4O2/c1-14(2)15-3-5-16(6-4-15)20-12-23-22(28-20)10-9-21(27)26-17-7-8-18-19(11-17)25-13-24-18/h3-8,11-14H,9-10H2,1-2H3,(H,24,25)(H,26,27). The number of oxazole rings is 1. The molecule has 0 aliphatic heterocycles. The topological polar surface area (TPSA) is 83.8 Å². The SMILES string of the molecule is CC(C)c1ccc(-c2cnc(CCC(=O)Nc3ccc4nc[nH]c4c3)o2)cc1. The van der Waals surface area contributed by atoms with E-state index in [1.54, 1.807) is 12.5 Å². The van der Waals surface area contributed by atoms with Crippen molar-refractivity contribution in [3.63, 3.8) is 0 Å². The fourth-order valence-electron chi connectivity index (χ4n) is 3.05. The molecule has 2 aromatic heterocycles. The summed E-state index contributed by atoms with van der Waals surface area (Å²) in [4.78, 5) is 23.7. The molecule has 0 aliphatic carbocycles. The van der Waals surface area contributed by atoms with E-state index in [0.29, 0.717) is 24.7 Å². The highest BCUT2D eigenvalue weighted by molar-refractivity contribution is 5.93. The number of hydrogen-bond acceptors (Lipinski definition) is 4. The number of fused-ring (bicyclic) bond motifs is 1. The van der Waals surface area contributed by atoms with Crippen LogP contribution < -0.4 is 5.32 Å². The third-order valence-corrected chi connectivity index (χ3v) is 4.69. The zero-order chi connectivity index (χ0) is 19.5. The van der Waals surface area contributed by atoms with Crippen molar-refractivity contribution in [1.29, 1.82) is 0 Å². The van der Waals surface area contributed by atoms with Gasteiger partial charge < -0.3 is 14.7 Å². The lowest BCUT2D eigenvalue weighted by atomic mass is 10.0. The second kappa shape index (κ2) is 7.68. The zero-order valence-electron chi connectivity index (χ0n) is 15.9. The van der Waals surface area contributed by atoms with Crippen LogP contribution in [0.5, 0.6) is 0 Å². The summed E-state index contributed by atoms with van der Waals surface area (Å²) in [6.07, 6.45) is 4.09. The van der Waals surface area contributed by atoms with Gasteiger partial charge in [-0.1, -0.05) is 38.1 Å². The van der Waals surface area contributed by atoms with Gasteiger partial charge in [0.2, 0.25) is 5.91 Å². The summed E-state index contributed by atoms with van der Waals surface area (Å²) in [5, 5.41) is 2.89. The van der Waals surface area contributed by atoms with Crippen LogP contribution in [0.2, 0.25) is 0 Å². The van der Waals surface area contributed by atoms with Gasteiger partial charge >= 0.3 is 0 Å². The minimum atomic E-state index is -0.0834. The van der Waals surface area contributed by atoms with Crippen LogP contribution in [0, 0.1) is 0 Å². The van der Waals surface area contributed by atoms with E-state index in [9.17, 15) is 4.79 Å². The molecular weight excluding hydrogens is 352 g/mol. The Kier molecular flexibility index (Phi) is 4.93. The van der Waals surface area contributed by atoms with Gasteiger partial charge in [-0.3, -0.25) is 4.79 Å². The Bertz CT molecular complexity index is 1090. The second-order valence-electron chi connectivity index (χ2n) is 7.08. The number of amides is 1. The van der Waals surface area contributed by atoms with Crippen molar-refractivity contribution in [3.8, 4) is 11.3 Å². The van der Waals surface area contributed by atoms with Gasteiger partial charge in [0, 0.05) is 24.1 Å². The molecule has 0 atom stereocenters. The highest BCUT2D eigenvalue weighted by Gasteiger charge is 2.10. The summed E-state index contributed by atoms with van der Waals surface area (Å²) in [5.74, 6) is 1.68. The first-order valence-electron chi connectivity index (χ1n) is 9.36. The normalized spacial score (nSPS) is 11.2. The molecular formula is C22H22N4O2. The lowest BCUT2D eigenvalue weighted by Crippen LogP contribution is -2.12. The minimum Gasteiger partial charge on any atom is -0.441 e. The van der Waals surface area contributed by atoms with Crippen molar-refractivity contribution in [3.05, 3.63) is 66.4 Å². The van der Waals surface area contributed by atoms with Gasteiger partial charge in [-0.05, 0) is 29.7 Å². The van der Waals surface area contributed by atoms with E-state index in [1.165, 1.54) is 5.56 Å². The Morgan fingerprint density at radius 1 is 1.14 bits per heavy atom. The largest absolute Gasteiger partial charge is 0.441 e. The summed E-state index contributed by atoms with van der Waals surface area (Å²) in [7, 11) is 0. The smallest absolute Gasteiger partial charge is 0.224 e. The van der Waals surface area contributed by atoms with Crippen molar-refractivity contribution in [2.24, 2.45) is 0 Å². The van der Waals surface area contributed by atoms with Gasteiger partial charge in [0.05, 0.1) is 23.6 Å². The van der Waals surface area contributed by atoms with Crippen LogP contribution in [0.25, 0.3) is 22.4 Å². The number of benzene rings is 2. The fourth-order valence-corrected chi connectivity index (χ4v) is 3.05. The number of nitrogens with one attached hydrogen (secondary N) is 2. The molecule has 0 fully saturated rings. The highest BCUT2D eigenvalue weighted by Crippen LogP contribution is 2.24. The average Bonchev–Trinajstić information content (AvgIpc) is 3.35. The number of hydrogen-bond donors (Lipinski definition) is 2. The molecule has 2 aromatic carbocycles. The van der Waals surface area contributed by atoms with Gasteiger partial charge in [0.25, 0.3) is 0 Å². The first-order chi connectivity index (χ1) is 13.6. The Labute approximate surface area is 163 Å². The summed E-state index contributed by atoms with van der Waals surface area (Å²) in [5.41, 5.74) is 4.76. The van der Waals surface area contributed by atoms with Crippen LogP contribution in [-0.4, -0.2) is 20.9 Å². The third kappa shape index (κ3) is 3.96. The molecule has 28 heavy (non-hydrogen) atoms. The number of aromatic amines is 1. The fraction of sp³-hybridized carbons (Fsp3) is 0.227. The number of carbonyl (C=O) groups is 1. The molecule has 0 unspecified atom stereocenters.